The van der Waals surface area contributed by atoms with Crippen LogP contribution in [0.5, 0.6) is 5.75 Å². The van der Waals surface area contributed by atoms with Gasteiger partial charge in [-0.05, 0) is 19.2 Å². The number of likely N-dealkylation sites (N-methyl/N-ethyl adjacent to an activating group) is 1. The second-order valence-corrected chi connectivity index (χ2v) is 4.52. The summed E-state index contributed by atoms with van der Waals surface area (Å²) >= 11 is 0. The first kappa shape index (κ1) is 12.7. The summed E-state index contributed by atoms with van der Waals surface area (Å²) in [6.07, 6.45) is 0. The van der Waals surface area contributed by atoms with Crippen LogP contribution >= 0.6 is 0 Å². The maximum Gasteiger partial charge on any atom is 0.256 e. The Bertz CT molecular complexity index is 440. The summed E-state index contributed by atoms with van der Waals surface area (Å²) in [6, 6.07) is 5.30. The van der Waals surface area contributed by atoms with Crippen molar-refractivity contribution in [2.75, 3.05) is 46.1 Å². The van der Waals surface area contributed by atoms with Gasteiger partial charge in [-0.3, -0.25) is 4.79 Å². The van der Waals surface area contributed by atoms with Crippen molar-refractivity contribution in [3.63, 3.8) is 0 Å². The minimum absolute atomic E-state index is 0.0144. The maximum absolute atomic E-state index is 12.4. The number of carbonyl (C=O) groups excluding carboxylic acids is 1. The highest BCUT2D eigenvalue weighted by molar-refractivity contribution is 6.00. The number of para-hydroxylation sites is 1. The lowest BCUT2D eigenvalue weighted by molar-refractivity contribution is 0.0665. The summed E-state index contributed by atoms with van der Waals surface area (Å²) in [5, 5.41) is 0. The summed E-state index contributed by atoms with van der Waals surface area (Å²) in [5.74, 6) is 0.537. The zero-order valence-electron chi connectivity index (χ0n) is 10.8. The molecule has 1 aliphatic rings. The van der Waals surface area contributed by atoms with Gasteiger partial charge < -0.3 is 20.3 Å². The molecule has 1 aromatic carbocycles. The number of nitrogens with zero attached hydrogens (tertiary/aromatic N) is 2. The van der Waals surface area contributed by atoms with Gasteiger partial charge in [-0.2, -0.15) is 0 Å². The number of hydrogen-bond acceptors (Lipinski definition) is 4. The molecule has 1 fully saturated rings. The molecule has 0 radical (unpaired) electrons. The van der Waals surface area contributed by atoms with Crippen molar-refractivity contribution in [2.45, 2.75) is 0 Å². The number of nitrogens with two attached hydrogens (primary N) is 1. The van der Waals surface area contributed by atoms with E-state index >= 15 is 0 Å². The first-order valence-electron chi connectivity index (χ1n) is 6.03. The third-order valence-electron chi connectivity index (χ3n) is 3.31. The van der Waals surface area contributed by atoms with Crippen LogP contribution in [0.4, 0.5) is 5.69 Å². The van der Waals surface area contributed by atoms with E-state index in [2.05, 4.69) is 11.9 Å². The molecule has 2 N–H and O–H groups in total. The van der Waals surface area contributed by atoms with E-state index in [1.54, 1.807) is 25.3 Å². The summed E-state index contributed by atoms with van der Waals surface area (Å²) in [5.41, 5.74) is 6.89. The average molecular weight is 249 g/mol. The summed E-state index contributed by atoms with van der Waals surface area (Å²) < 4.78 is 5.14. The Morgan fingerprint density at radius 3 is 2.56 bits per heavy atom. The van der Waals surface area contributed by atoms with E-state index in [0.29, 0.717) is 17.0 Å². The second kappa shape index (κ2) is 5.27. The van der Waals surface area contributed by atoms with Crippen LogP contribution < -0.4 is 10.5 Å². The van der Waals surface area contributed by atoms with Gasteiger partial charge in [-0.15, -0.1) is 0 Å². The van der Waals surface area contributed by atoms with E-state index in [-0.39, 0.29) is 5.91 Å². The Balaban J connectivity index is 2.18. The van der Waals surface area contributed by atoms with Crippen LogP contribution in [0, 0.1) is 0 Å². The van der Waals surface area contributed by atoms with E-state index in [1.165, 1.54) is 0 Å². The number of rotatable bonds is 2. The molecule has 0 saturated carbocycles. The van der Waals surface area contributed by atoms with Crippen LogP contribution in [0.25, 0.3) is 0 Å². The minimum Gasteiger partial charge on any atom is -0.495 e. The molecule has 0 spiro atoms. The maximum atomic E-state index is 12.4. The molecule has 0 atom stereocenters. The molecule has 1 amide bonds. The molecule has 0 unspecified atom stereocenters. The smallest absolute Gasteiger partial charge is 0.256 e. The number of hydrogen-bond donors (Lipinski definition) is 1. The molecular weight excluding hydrogens is 230 g/mol. The first-order chi connectivity index (χ1) is 8.63. The number of carbonyl (C=O) groups is 1. The SMILES string of the molecule is COc1cccc(C(=O)N2CCN(C)CC2)c1N. The number of methoxy groups -OCH3 is 1. The Morgan fingerprint density at radius 1 is 1.28 bits per heavy atom. The second-order valence-electron chi connectivity index (χ2n) is 4.52. The molecule has 0 bridgehead atoms. The molecule has 0 aromatic heterocycles. The number of amides is 1. The van der Waals surface area contributed by atoms with E-state index in [1.807, 2.05) is 4.90 Å². The molecule has 18 heavy (non-hydrogen) atoms. The van der Waals surface area contributed by atoms with Crippen molar-refractivity contribution in [2.24, 2.45) is 0 Å². The summed E-state index contributed by atoms with van der Waals surface area (Å²) in [6.45, 7) is 3.28. The van der Waals surface area contributed by atoms with Gasteiger partial charge in [0.2, 0.25) is 0 Å². The Kier molecular flexibility index (Phi) is 3.72. The van der Waals surface area contributed by atoms with Gasteiger partial charge in [0.1, 0.15) is 5.75 Å². The van der Waals surface area contributed by atoms with Crippen LogP contribution in [0.3, 0.4) is 0 Å². The predicted molar refractivity (Wildman–Crippen MR) is 70.8 cm³/mol. The fraction of sp³-hybridized carbons (Fsp3) is 0.462. The standard InChI is InChI=1S/C13H19N3O2/c1-15-6-8-16(9-7-15)13(17)10-4-3-5-11(18-2)12(10)14/h3-5H,6-9,14H2,1-2H3. The Morgan fingerprint density at radius 2 is 1.94 bits per heavy atom. The number of nitrogen functional groups attached to an aromatic ring is 1. The number of benzene rings is 1. The summed E-state index contributed by atoms with van der Waals surface area (Å²) in [4.78, 5) is 16.4. The molecule has 5 nitrogen and oxygen atoms in total. The van der Waals surface area contributed by atoms with Gasteiger partial charge in [-0.1, -0.05) is 6.07 Å². The largest absolute Gasteiger partial charge is 0.495 e. The van der Waals surface area contributed by atoms with Crippen LogP contribution in [0.15, 0.2) is 18.2 Å². The topological polar surface area (TPSA) is 58.8 Å². The zero-order chi connectivity index (χ0) is 13.1. The van der Waals surface area contributed by atoms with Crippen molar-refractivity contribution in [1.82, 2.24) is 9.80 Å². The first-order valence-corrected chi connectivity index (χ1v) is 6.03. The van der Waals surface area contributed by atoms with Crippen molar-refractivity contribution in [3.05, 3.63) is 23.8 Å². The van der Waals surface area contributed by atoms with E-state index in [9.17, 15) is 4.79 Å². The van der Waals surface area contributed by atoms with E-state index in [0.717, 1.165) is 26.2 Å². The lowest BCUT2D eigenvalue weighted by atomic mass is 10.1. The lowest BCUT2D eigenvalue weighted by Gasteiger charge is -2.32. The molecule has 1 saturated heterocycles. The number of ether oxygens (including phenoxy) is 1. The van der Waals surface area contributed by atoms with Crippen LogP contribution in [-0.4, -0.2) is 56.0 Å². The molecule has 1 aromatic rings. The van der Waals surface area contributed by atoms with Gasteiger partial charge in [-0.25, -0.2) is 0 Å². The Labute approximate surface area is 107 Å². The molecule has 98 valence electrons. The molecule has 1 aliphatic heterocycles. The highest BCUT2D eigenvalue weighted by Crippen LogP contribution is 2.26. The van der Waals surface area contributed by atoms with Crippen LogP contribution in [0.1, 0.15) is 10.4 Å². The molecule has 1 heterocycles. The van der Waals surface area contributed by atoms with Gasteiger partial charge >= 0.3 is 0 Å². The molecule has 5 heteroatoms. The van der Waals surface area contributed by atoms with Gasteiger partial charge in [0.25, 0.3) is 5.91 Å². The normalized spacial score (nSPS) is 16.7. The lowest BCUT2D eigenvalue weighted by Crippen LogP contribution is -2.47. The molecule has 2 rings (SSSR count). The Hall–Kier alpha value is -1.75. The molecular formula is C13H19N3O2. The third-order valence-corrected chi connectivity index (χ3v) is 3.31. The van der Waals surface area contributed by atoms with E-state index < -0.39 is 0 Å². The number of anilines is 1. The molecule has 0 aliphatic carbocycles. The van der Waals surface area contributed by atoms with Crippen molar-refractivity contribution in [1.29, 1.82) is 0 Å². The van der Waals surface area contributed by atoms with Gasteiger partial charge in [0.05, 0.1) is 18.4 Å². The van der Waals surface area contributed by atoms with Crippen molar-refractivity contribution in [3.8, 4) is 5.75 Å². The third kappa shape index (κ3) is 2.41. The number of piperazine rings is 1. The highest BCUT2D eigenvalue weighted by atomic mass is 16.5. The van der Waals surface area contributed by atoms with Gasteiger partial charge in [0, 0.05) is 26.2 Å². The predicted octanol–water partition coefficient (Wildman–Crippen LogP) is 0.665. The average Bonchev–Trinajstić information content (AvgIpc) is 2.39. The van der Waals surface area contributed by atoms with E-state index in [4.69, 9.17) is 10.5 Å². The fourth-order valence-corrected chi connectivity index (χ4v) is 2.09. The summed E-state index contributed by atoms with van der Waals surface area (Å²) in [7, 11) is 3.61. The monoisotopic (exact) mass is 249 g/mol. The zero-order valence-corrected chi connectivity index (χ0v) is 10.8. The van der Waals surface area contributed by atoms with Crippen LogP contribution in [0.2, 0.25) is 0 Å². The van der Waals surface area contributed by atoms with Crippen LogP contribution in [-0.2, 0) is 0 Å². The highest BCUT2D eigenvalue weighted by Gasteiger charge is 2.22. The van der Waals surface area contributed by atoms with Gasteiger partial charge in [0.15, 0.2) is 0 Å². The quantitative estimate of drug-likeness (QED) is 0.782. The fourth-order valence-electron chi connectivity index (χ4n) is 2.09. The van der Waals surface area contributed by atoms with Crippen molar-refractivity contribution < 1.29 is 9.53 Å². The van der Waals surface area contributed by atoms with Crippen molar-refractivity contribution >= 4 is 11.6 Å². The minimum atomic E-state index is -0.0144.